The van der Waals surface area contributed by atoms with E-state index in [0.717, 1.165) is 5.56 Å². The van der Waals surface area contributed by atoms with Gasteiger partial charge in [-0.2, -0.15) is 0 Å². The Morgan fingerprint density at radius 2 is 2.00 bits per heavy atom. The second-order valence-electron chi connectivity index (χ2n) is 5.02. The van der Waals surface area contributed by atoms with Crippen LogP contribution in [0.2, 0.25) is 0 Å². The van der Waals surface area contributed by atoms with Crippen LogP contribution in [0.25, 0.3) is 10.9 Å². The first kappa shape index (κ1) is 14.2. The number of rotatable bonds is 2. The van der Waals surface area contributed by atoms with Gasteiger partial charge in [0.05, 0.1) is 9.99 Å². The van der Waals surface area contributed by atoms with Crippen LogP contribution in [0.4, 0.5) is 4.39 Å². The molecule has 1 aromatic heterocycles. The summed E-state index contributed by atoms with van der Waals surface area (Å²) in [7, 11) is 0. The zero-order valence-corrected chi connectivity index (χ0v) is 12.7. The normalized spacial score (nSPS) is 13.2. The van der Waals surface area contributed by atoms with Gasteiger partial charge in [0.2, 0.25) is 5.91 Å². The molecule has 2 aromatic rings. The molecule has 0 saturated heterocycles. The van der Waals surface area contributed by atoms with Gasteiger partial charge < -0.3 is 5.73 Å². The van der Waals surface area contributed by atoms with E-state index < -0.39 is 0 Å². The van der Waals surface area contributed by atoms with E-state index in [4.69, 9.17) is 5.73 Å². The first-order valence-electron chi connectivity index (χ1n) is 6.12. The van der Waals surface area contributed by atoms with Gasteiger partial charge in [-0.3, -0.25) is 9.36 Å². The van der Waals surface area contributed by atoms with Gasteiger partial charge in [0.15, 0.2) is 0 Å². The summed E-state index contributed by atoms with van der Waals surface area (Å²) >= 11 is 3.15. The number of benzene rings is 1. The van der Waals surface area contributed by atoms with Crippen LogP contribution in [0.15, 0.2) is 22.8 Å². The van der Waals surface area contributed by atoms with Gasteiger partial charge in [0, 0.05) is 23.5 Å². The number of fused-ring (bicyclic) bond motifs is 1. The molecule has 19 heavy (non-hydrogen) atoms. The molecule has 0 radical (unpaired) electrons. The summed E-state index contributed by atoms with van der Waals surface area (Å²) in [5, 5.41) is 0.685. The topological polar surface area (TPSA) is 48.0 Å². The van der Waals surface area contributed by atoms with Crippen molar-refractivity contribution < 1.29 is 9.18 Å². The third-order valence-corrected chi connectivity index (χ3v) is 3.71. The van der Waals surface area contributed by atoms with Crippen LogP contribution in [0.3, 0.4) is 0 Å². The van der Waals surface area contributed by atoms with E-state index in [9.17, 15) is 9.18 Å². The summed E-state index contributed by atoms with van der Waals surface area (Å²) in [6, 6.07) is 2.78. The van der Waals surface area contributed by atoms with Gasteiger partial charge >= 0.3 is 0 Å². The Hall–Kier alpha value is -1.20. The Kier molecular flexibility index (Phi) is 3.78. The van der Waals surface area contributed by atoms with Crippen molar-refractivity contribution in [3.05, 3.63) is 34.2 Å². The van der Waals surface area contributed by atoms with Gasteiger partial charge in [-0.15, -0.1) is 0 Å². The van der Waals surface area contributed by atoms with Crippen molar-refractivity contribution in [1.29, 1.82) is 0 Å². The monoisotopic (exact) mass is 326 g/mol. The molecule has 1 aromatic carbocycles. The van der Waals surface area contributed by atoms with Gasteiger partial charge in [-0.05, 0) is 40.5 Å². The minimum atomic E-state index is -0.357. The smallest absolute Gasteiger partial charge is 0.233 e. The van der Waals surface area contributed by atoms with E-state index in [0.29, 0.717) is 15.4 Å². The van der Waals surface area contributed by atoms with Gasteiger partial charge in [0.25, 0.3) is 0 Å². The highest BCUT2D eigenvalue weighted by Crippen LogP contribution is 2.30. The predicted molar refractivity (Wildman–Crippen MR) is 77.7 cm³/mol. The lowest BCUT2D eigenvalue weighted by Gasteiger charge is -2.07. The van der Waals surface area contributed by atoms with Crippen molar-refractivity contribution >= 4 is 32.7 Å². The first-order valence-corrected chi connectivity index (χ1v) is 6.92. The fraction of sp³-hybridized carbons (Fsp3) is 0.357. The average molecular weight is 327 g/mol. The molecule has 0 unspecified atom stereocenters. The number of carbonyl (C=O) groups is 1. The van der Waals surface area contributed by atoms with Crippen molar-refractivity contribution in [3.63, 3.8) is 0 Å². The summed E-state index contributed by atoms with van der Waals surface area (Å²) in [6.07, 6.45) is 1.71. The molecule has 0 aliphatic carbocycles. The second-order valence-corrected chi connectivity index (χ2v) is 5.87. The summed E-state index contributed by atoms with van der Waals surface area (Å²) in [5.41, 5.74) is 7.35. The third-order valence-electron chi connectivity index (χ3n) is 3.10. The zero-order chi connectivity index (χ0) is 14.3. The number of carbonyl (C=O) groups excluding carboxylic acids is 1. The van der Waals surface area contributed by atoms with Gasteiger partial charge in [-0.1, -0.05) is 13.8 Å². The highest BCUT2D eigenvalue weighted by Gasteiger charge is 2.19. The van der Waals surface area contributed by atoms with Crippen molar-refractivity contribution in [3.8, 4) is 0 Å². The molecule has 0 aliphatic rings. The Morgan fingerprint density at radius 3 is 2.53 bits per heavy atom. The second kappa shape index (κ2) is 5.06. The van der Waals surface area contributed by atoms with Crippen LogP contribution in [0.1, 0.15) is 37.2 Å². The highest BCUT2D eigenvalue weighted by atomic mass is 79.9. The van der Waals surface area contributed by atoms with Crippen molar-refractivity contribution in [2.24, 2.45) is 11.7 Å². The minimum absolute atomic E-state index is 0.0320. The van der Waals surface area contributed by atoms with Crippen LogP contribution < -0.4 is 5.73 Å². The number of aromatic nitrogens is 1. The number of nitrogens with two attached hydrogens (primary N) is 1. The Labute approximate surface area is 119 Å². The molecule has 0 saturated carbocycles. The minimum Gasteiger partial charge on any atom is -0.324 e. The van der Waals surface area contributed by atoms with Gasteiger partial charge in [-0.25, -0.2) is 4.39 Å². The Morgan fingerprint density at radius 1 is 1.37 bits per heavy atom. The summed E-state index contributed by atoms with van der Waals surface area (Å²) in [4.78, 5) is 12.2. The zero-order valence-electron chi connectivity index (χ0n) is 11.1. The molecule has 1 heterocycles. The molecule has 102 valence electrons. The molecule has 2 rings (SSSR count). The van der Waals surface area contributed by atoms with Crippen LogP contribution >= 0.6 is 15.9 Å². The summed E-state index contributed by atoms with van der Waals surface area (Å²) < 4.78 is 15.6. The largest absolute Gasteiger partial charge is 0.324 e. The maximum Gasteiger partial charge on any atom is 0.233 e. The maximum atomic E-state index is 13.7. The maximum absolute atomic E-state index is 13.7. The number of nitrogens with zero attached hydrogens (tertiary/aromatic N) is 1. The third kappa shape index (κ3) is 2.44. The first-order chi connectivity index (χ1) is 8.82. The Balaban J connectivity index is 2.78. The molecule has 0 spiro atoms. The predicted octanol–water partition coefficient (Wildman–Crippen LogP) is 3.86. The molecule has 5 heteroatoms. The van der Waals surface area contributed by atoms with E-state index in [1.165, 1.54) is 6.07 Å². The van der Waals surface area contributed by atoms with Crippen LogP contribution in [-0.2, 0) is 0 Å². The average Bonchev–Trinajstić information content (AvgIpc) is 2.67. The standard InChI is InChI=1S/C14H16BrFN2O/c1-7(2)14(19)18-6-10(8(3)17)9-4-12(16)11(15)5-13(9)18/h4-8H,17H2,1-3H3/t8-/m1/s1. The molecule has 0 amide bonds. The van der Waals surface area contributed by atoms with Crippen molar-refractivity contribution in [2.45, 2.75) is 26.8 Å². The van der Waals surface area contributed by atoms with E-state index >= 15 is 0 Å². The van der Waals surface area contributed by atoms with Crippen LogP contribution in [0, 0.1) is 11.7 Å². The van der Waals surface area contributed by atoms with E-state index in [-0.39, 0.29) is 23.7 Å². The van der Waals surface area contributed by atoms with Crippen LogP contribution in [0.5, 0.6) is 0 Å². The van der Waals surface area contributed by atoms with Crippen LogP contribution in [-0.4, -0.2) is 10.5 Å². The number of halogens is 2. The van der Waals surface area contributed by atoms with E-state index in [1.807, 2.05) is 20.8 Å². The molecule has 2 N–H and O–H groups in total. The lowest BCUT2D eigenvalue weighted by atomic mass is 10.1. The molecular weight excluding hydrogens is 311 g/mol. The molecule has 0 aliphatic heterocycles. The molecule has 3 nitrogen and oxygen atoms in total. The fourth-order valence-electron chi connectivity index (χ4n) is 2.07. The van der Waals surface area contributed by atoms with E-state index in [2.05, 4.69) is 15.9 Å². The summed E-state index contributed by atoms with van der Waals surface area (Å²) in [5.74, 6) is -0.528. The van der Waals surface area contributed by atoms with Crippen molar-refractivity contribution in [2.75, 3.05) is 0 Å². The molecule has 0 fully saturated rings. The SMILES string of the molecule is CC(C)C(=O)n1cc([C@@H](C)N)c2cc(F)c(Br)cc21. The quantitative estimate of drug-likeness (QED) is 0.910. The Bertz CT molecular complexity index is 646. The summed E-state index contributed by atoms with van der Waals surface area (Å²) in [6.45, 7) is 5.48. The van der Waals surface area contributed by atoms with E-state index in [1.54, 1.807) is 16.8 Å². The fourth-order valence-corrected chi connectivity index (χ4v) is 2.40. The number of hydrogen-bond acceptors (Lipinski definition) is 2. The molecule has 0 bridgehead atoms. The lowest BCUT2D eigenvalue weighted by Crippen LogP contribution is -2.16. The molecule has 1 atom stereocenters. The highest BCUT2D eigenvalue weighted by molar-refractivity contribution is 9.10. The molecular formula is C14H16BrFN2O. The van der Waals surface area contributed by atoms with Crippen molar-refractivity contribution in [1.82, 2.24) is 4.57 Å². The number of hydrogen-bond donors (Lipinski definition) is 1. The van der Waals surface area contributed by atoms with Gasteiger partial charge in [0.1, 0.15) is 5.82 Å². The lowest BCUT2D eigenvalue weighted by molar-refractivity contribution is 0.0860.